The minimum absolute atomic E-state index is 0.0624. The summed E-state index contributed by atoms with van der Waals surface area (Å²) in [5.74, 6) is -0.0624. The second-order valence-electron chi connectivity index (χ2n) is 5.52. The number of carbonyl (C=O) groups excluding carboxylic acids is 1. The van der Waals surface area contributed by atoms with Crippen LogP contribution in [0.4, 0.5) is 0 Å². The molecule has 1 aliphatic rings. The Hall–Kier alpha value is -2.13. The topological polar surface area (TPSA) is 32.7 Å². The third kappa shape index (κ3) is 2.77. The van der Waals surface area contributed by atoms with E-state index in [2.05, 4.69) is 29.4 Å². The molecule has 4 heteroatoms. The van der Waals surface area contributed by atoms with E-state index in [0.717, 1.165) is 16.8 Å². The first-order valence-corrected chi connectivity index (χ1v) is 7.63. The van der Waals surface area contributed by atoms with Gasteiger partial charge in [-0.1, -0.05) is 59.6 Å². The van der Waals surface area contributed by atoms with Crippen LogP contribution in [0.15, 0.2) is 53.6 Å². The van der Waals surface area contributed by atoms with Gasteiger partial charge >= 0.3 is 0 Å². The molecule has 0 saturated heterocycles. The average molecular weight is 313 g/mol. The number of hydrogen-bond donors (Lipinski definition) is 0. The highest BCUT2D eigenvalue weighted by Gasteiger charge is 2.31. The van der Waals surface area contributed by atoms with Crippen LogP contribution in [0.1, 0.15) is 36.1 Å². The molecule has 2 aromatic carbocycles. The van der Waals surface area contributed by atoms with Crippen molar-refractivity contribution in [2.45, 2.75) is 26.3 Å². The normalized spacial score (nSPS) is 17.5. The van der Waals surface area contributed by atoms with E-state index in [4.69, 9.17) is 11.6 Å². The Morgan fingerprint density at radius 2 is 1.86 bits per heavy atom. The lowest BCUT2D eigenvalue weighted by atomic mass is 9.98. The highest BCUT2D eigenvalue weighted by molar-refractivity contribution is 6.34. The lowest BCUT2D eigenvalue weighted by molar-refractivity contribution is -0.130. The number of nitrogens with zero attached hydrogens (tertiary/aromatic N) is 2. The van der Waals surface area contributed by atoms with Crippen molar-refractivity contribution in [3.05, 3.63) is 70.2 Å². The van der Waals surface area contributed by atoms with E-state index in [1.54, 1.807) is 11.9 Å². The summed E-state index contributed by atoms with van der Waals surface area (Å²) in [4.78, 5) is 11.9. The van der Waals surface area contributed by atoms with E-state index in [0.29, 0.717) is 11.4 Å². The molecule has 112 valence electrons. The molecular weight excluding hydrogens is 296 g/mol. The van der Waals surface area contributed by atoms with E-state index in [1.165, 1.54) is 5.56 Å². The summed E-state index contributed by atoms with van der Waals surface area (Å²) in [6.45, 7) is 3.59. The molecular formula is C18H17ClN2O. The molecule has 3 nitrogen and oxygen atoms in total. The molecule has 0 fully saturated rings. The number of halogens is 1. The number of carbonyl (C=O) groups is 1. The van der Waals surface area contributed by atoms with E-state index < -0.39 is 0 Å². The third-order valence-electron chi connectivity index (χ3n) is 3.88. The summed E-state index contributed by atoms with van der Waals surface area (Å²) in [5.41, 5.74) is 4.03. The molecule has 3 rings (SSSR count). The maximum Gasteiger partial charge on any atom is 0.240 e. The van der Waals surface area contributed by atoms with Gasteiger partial charge < -0.3 is 0 Å². The molecule has 0 saturated carbocycles. The number of amides is 1. The standard InChI is InChI=1S/C18H17ClN2O/c1-12-7-9-14(10-8-12)18-11-17(20-21(18)13(2)22)15-5-3-4-6-16(15)19/h3-10,18H,11H2,1-2H3/t18-/m0/s1. The SMILES string of the molecule is CC(=O)N1N=C(c2ccccc2Cl)C[C@H]1c1ccc(C)cc1. The van der Waals surface area contributed by atoms with Crippen molar-refractivity contribution in [3.8, 4) is 0 Å². The fraction of sp³-hybridized carbons (Fsp3) is 0.222. The minimum atomic E-state index is -0.0654. The van der Waals surface area contributed by atoms with E-state index >= 15 is 0 Å². The van der Waals surface area contributed by atoms with Crippen molar-refractivity contribution in [3.63, 3.8) is 0 Å². The average Bonchev–Trinajstić information content (AvgIpc) is 2.93. The predicted octanol–water partition coefficient (Wildman–Crippen LogP) is 4.35. The molecule has 0 aliphatic carbocycles. The van der Waals surface area contributed by atoms with Gasteiger partial charge in [-0.3, -0.25) is 4.79 Å². The molecule has 1 amide bonds. The van der Waals surface area contributed by atoms with E-state index in [1.807, 2.05) is 31.2 Å². The molecule has 0 spiro atoms. The van der Waals surface area contributed by atoms with Crippen LogP contribution in [0.3, 0.4) is 0 Å². The Bertz CT molecular complexity index is 737. The number of hydrogen-bond acceptors (Lipinski definition) is 2. The van der Waals surface area contributed by atoms with Crippen LogP contribution in [0, 0.1) is 6.92 Å². The quantitative estimate of drug-likeness (QED) is 0.811. The van der Waals surface area contributed by atoms with Gasteiger partial charge in [0.05, 0.1) is 11.8 Å². The zero-order chi connectivity index (χ0) is 15.7. The number of rotatable bonds is 2. The molecule has 0 N–H and O–H groups in total. The Kier molecular flexibility index (Phi) is 3.99. The van der Waals surface area contributed by atoms with Crippen LogP contribution in [0.25, 0.3) is 0 Å². The lowest BCUT2D eigenvalue weighted by Crippen LogP contribution is -2.24. The van der Waals surface area contributed by atoms with Crippen molar-refractivity contribution in [2.75, 3.05) is 0 Å². The summed E-state index contributed by atoms with van der Waals surface area (Å²) in [6, 6.07) is 15.8. The van der Waals surface area contributed by atoms with Gasteiger partial charge in [0.2, 0.25) is 5.91 Å². The number of aryl methyl sites for hydroxylation is 1. The number of benzene rings is 2. The first-order valence-electron chi connectivity index (χ1n) is 7.25. The molecule has 0 unspecified atom stereocenters. The Morgan fingerprint density at radius 3 is 2.50 bits per heavy atom. The summed E-state index contributed by atoms with van der Waals surface area (Å²) in [5, 5.41) is 6.74. The fourth-order valence-corrected chi connectivity index (χ4v) is 2.95. The van der Waals surface area contributed by atoms with Crippen LogP contribution >= 0.6 is 11.6 Å². The summed E-state index contributed by atoms with van der Waals surface area (Å²) in [6.07, 6.45) is 0.673. The number of hydrazone groups is 1. The van der Waals surface area contributed by atoms with Gasteiger partial charge in [-0.2, -0.15) is 5.10 Å². The minimum Gasteiger partial charge on any atom is -0.273 e. The van der Waals surface area contributed by atoms with Crippen LogP contribution in [-0.4, -0.2) is 16.6 Å². The first-order chi connectivity index (χ1) is 10.6. The van der Waals surface area contributed by atoms with Gasteiger partial charge in [0.1, 0.15) is 0 Å². The zero-order valence-corrected chi connectivity index (χ0v) is 13.3. The van der Waals surface area contributed by atoms with Crippen molar-refractivity contribution >= 4 is 23.2 Å². The van der Waals surface area contributed by atoms with Gasteiger partial charge in [0.25, 0.3) is 0 Å². The molecule has 1 aliphatic heterocycles. The first kappa shape index (κ1) is 14.8. The molecule has 0 aromatic heterocycles. The molecule has 0 radical (unpaired) electrons. The zero-order valence-electron chi connectivity index (χ0n) is 12.6. The van der Waals surface area contributed by atoms with Crippen LogP contribution in [0.2, 0.25) is 5.02 Å². The van der Waals surface area contributed by atoms with Gasteiger partial charge in [-0.25, -0.2) is 5.01 Å². The van der Waals surface area contributed by atoms with E-state index in [-0.39, 0.29) is 11.9 Å². The van der Waals surface area contributed by atoms with Gasteiger partial charge in [-0.05, 0) is 18.6 Å². The lowest BCUT2D eigenvalue weighted by Gasteiger charge is -2.20. The molecule has 1 heterocycles. The molecule has 22 heavy (non-hydrogen) atoms. The maximum atomic E-state index is 11.9. The van der Waals surface area contributed by atoms with Gasteiger partial charge in [0.15, 0.2) is 0 Å². The molecule has 2 aromatic rings. The monoisotopic (exact) mass is 312 g/mol. The smallest absolute Gasteiger partial charge is 0.240 e. The summed E-state index contributed by atoms with van der Waals surface area (Å²) < 4.78 is 0. The summed E-state index contributed by atoms with van der Waals surface area (Å²) >= 11 is 6.26. The van der Waals surface area contributed by atoms with Gasteiger partial charge in [-0.15, -0.1) is 0 Å². The second kappa shape index (κ2) is 5.93. The largest absolute Gasteiger partial charge is 0.273 e. The Labute approximate surface area is 135 Å². The van der Waals surface area contributed by atoms with E-state index in [9.17, 15) is 4.79 Å². The van der Waals surface area contributed by atoms with Crippen molar-refractivity contribution in [2.24, 2.45) is 5.10 Å². The Morgan fingerprint density at radius 1 is 1.18 bits per heavy atom. The molecule has 0 bridgehead atoms. The van der Waals surface area contributed by atoms with Crippen molar-refractivity contribution in [1.82, 2.24) is 5.01 Å². The second-order valence-corrected chi connectivity index (χ2v) is 5.93. The third-order valence-corrected chi connectivity index (χ3v) is 4.21. The van der Waals surface area contributed by atoms with Crippen LogP contribution in [-0.2, 0) is 4.79 Å². The Balaban J connectivity index is 1.96. The highest BCUT2D eigenvalue weighted by Crippen LogP contribution is 2.34. The van der Waals surface area contributed by atoms with Crippen LogP contribution in [0.5, 0.6) is 0 Å². The fourth-order valence-electron chi connectivity index (χ4n) is 2.71. The van der Waals surface area contributed by atoms with Crippen molar-refractivity contribution < 1.29 is 4.79 Å². The van der Waals surface area contributed by atoms with Crippen molar-refractivity contribution in [1.29, 1.82) is 0 Å². The van der Waals surface area contributed by atoms with Gasteiger partial charge in [0, 0.05) is 23.9 Å². The maximum absolute atomic E-state index is 11.9. The predicted molar refractivity (Wildman–Crippen MR) is 89.0 cm³/mol. The summed E-state index contributed by atoms with van der Waals surface area (Å²) in [7, 11) is 0. The van der Waals surface area contributed by atoms with Crippen LogP contribution < -0.4 is 0 Å². The molecule has 1 atom stereocenters. The highest BCUT2D eigenvalue weighted by atomic mass is 35.5.